The van der Waals surface area contributed by atoms with Gasteiger partial charge in [-0.15, -0.1) is 0 Å². The number of amides is 4. The second kappa shape index (κ2) is 15.7. The maximum Gasteiger partial charge on any atom is 0.416 e. The molecule has 0 saturated carbocycles. The predicted molar refractivity (Wildman–Crippen MR) is 173 cm³/mol. The molecule has 8 nitrogen and oxygen atoms in total. The van der Waals surface area contributed by atoms with Crippen LogP contribution in [-0.2, 0) is 15.8 Å². The standard InChI is InChI=1S/C36H35F3N4O4/c1-3-22-43(4-2)35(47)32(25-10-6-5-7-11-25)42-31(44)23-40-33(45)26-16-20-28(21-17-26)41-34(46)30-13-9-8-12-29(30)24-14-18-27(19-15-24)36(37,38)39/h5-21,32H,3-4,22-23H2,1-2H3,(H,40,45)(H,41,46)(H,42,44)/t32-/m0/s1. The van der Waals surface area contributed by atoms with Crippen molar-refractivity contribution < 1.29 is 32.3 Å². The first-order valence-electron chi connectivity index (χ1n) is 15.1. The lowest BCUT2D eigenvalue weighted by Gasteiger charge is -2.27. The van der Waals surface area contributed by atoms with Crippen molar-refractivity contribution in [1.29, 1.82) is 0 Å². The molecule has 4 aromatic rings. The zero-order valence-corrected chi connectivity index (χ0v) is 25.9. The van der Waals surface area contributed by atoms with E-state index >= 15 is 0 Å². The summed E-state index contributed by atoms with van der Waals surface area (Å²) in [4.78, 5) is 53.7. The average molecular weight is 645 g/mol. The Hall–Kier alpha value is -5.45. The molecule has 0 bridgehead atoms. The largest absolute Gasteiger partial charge is 0.416 e. The van der Waals surface area contributed by atoms with E-state index in [1.807, 2.05) is 19.9 Å². The number of carbonyl (C=O) groups is 4. The van der Waals surface area contributed by atoms with Crippen LogP contribution in [0.1, 0.15) is 58.2 Å². The summed E-state index contributed by atoms with van der Waals surface area (Å²) >= 11 is 0. The summed E-state index contributed by atoms with van der Waals surface area (Å²) in [7, 11) is 0. The van der Waals surface area contributed by atoms with Crippen LogP contribution < -0.4 is 16.0 Å². The molecular weight excluding hydrogens is 609 g/mol. The smallest absolute Gasteiger partial charge is 0.343 e. The fraction of sp³-hybridized carbons (Fsp3) is 0.222. The molecule has 4 rings (SSSR count). The number of anilines is 1. The number of carbonyl (C=O) groups excluding carboxylic acids is 4. The normalized spacial score (nSPS) is 11.7. The molecule has 0 radical (unpaired) electrons. The highest BCUT2D eigenvalue weighted by atomic mass is 19.4. The molecule has 0 aliphatic heterocycles. The molecule has 3 N–H and O–H groups in total. The minimum Gasteiger partial charge on any atom is -0.343 e. The Morgan fingerprint density at radius 2 is 1.40 bits per heavy atom. The average Bonchev–Trinajstić information content (AvgIpc) is 3.08. The van der Waals surface area contributed by atoms with Crippen molar-refractivity contribution >= 4 is 29.3 Å². The Bertz CT molecular complexity index is 1690. The van der Waals surface area contributed by atoms with Gasteiger partial charge in [0.1, 0.15) is 6.04 Å². The van der Waals surface area contributed by atoms with E-state index < -0.39 is 35.5 Å². The van der Waals surface area contributed by atoms with Gasteiger partial charge in [-0.25, -0.2) is 0 Å². The number of benzene rings is 4. The lowest BCUT2D eigenvalue weighted by molar-refractivity contribution is -0.137. The van der Waals surface area contributed by atoms with Crippen molar-refractivity contribution in [2.24, 2.45) is 0 Å². The minimum atomic E-state index is -4.47. The molecule has 0 fully saturated rings. The fourth-order valence-electron chi connectivity index (χ4n) is 4.96. The van der Waals surface area contributed by atoms with Crippen molar-refractivity contribution in [1.82, 2.24) is 15.5 Å². The monoisotopic (exact) mass is 644 g/mol. The van der Waals surface area contributed by atoms with E-state index in [0.717, 1.165) is 18.6 Å². The van der Waals surface area contributed by atoms with Gasteiger partial charge >= 0.3 is 6.18 Å². The lowest BCUT2D eigenvalue weighted by atomic mass is 9.98. The number of likely N-dealkylation sites (N-methyl/N-ethyl adjacent to an activating group) is 1. The summed E-state index contributed by atoms with van der Waals surface area (Å²) in [6.45, 7) is 4.51. The molecule has 244 valence electrons. The molecule has 1 atom stereocenters. The third-order valence-electron chi connectivity index (χ3n) is 7.38. The number of alkyl halides is 3. The van der Waals surface area contributed by atoms with E-state index in [9.17, 15) is 32.3 Å². The Balaban J connectivity index is 1.37. The second-order valence-corrected chi connectivity index (χ2v) is 10.7. The number of nitrogens with zero attached hydrogens (tertiary/aromatic N) is 1. The predicted octanol–water partition coefficient (Wildman–Crippen LogP) is 6.47. The Labute approximate surface area is 271 Å². The molecular formula is C36H35F3N4O4. The van der Waals surface area contributed by atoms with E-state index in [2.05, 4.69) is 16.0 Å². The fourth-order valence-corrected chi connectivity index (χ4v) is 4.96. The molecule has 47 heavy (non-hydrogen) atoms. The van der Waals surface area contributed by atoms with Crippen LogP contribution in [0.15, 0.2) is 103 Å². The topological polar surface area (TPSA) is 108 Å². The number of hydrogen-bond acceptors (Lipinski definition) is 4. The van der Waals surface area contributed by atoms with Crippen LogP contribution in [0.4, 0.5) is 18.9 Å². The van der Waals surface area contributed by atoms with Gasteiger partial charge in [-0.2, -0.15) is 13.2 Å². The maximum atomic E-state index is 13.3. The van der Waals surface area contributed by atoms with Gasteiger partial charge < -0.3 is 20.9 Å². The van der Waals surface area contributed by atoms with Crippen molar-refractivity contribution in [3.63, 3.8) is 0 Å². The number of hydrogen-bond donors (Lipinski definition) is 3. The zero-order chi connectivity index (χ0) is 34.0. The van der Waals surface area contributed by atoms with Crippen LogP contribution >= 0.6 is 0 Å². The Kier molecular flexibility index (Phi) is 11.5. The zero-order valence-electron chi connectivity index (χ0n) is 25.9. The van der Waals surface area contributed by atoms with Crippen molar-refractivity contribution in [2.75, 3.05) is 25.0 Å². The van der Waals surface area contributed by atoms with Gasteiger partial charge in [0.25, 0.3) is 11.8 Å². The first-order chi connectivity index (χ1) is 22.5. The molecule has 0 aliphatic rings. The van der Waals surface area contributed by atoms with E-state index in [-0.39, 0.29) is 23.6 Å². The molecule has 4 amide bonds. The Morgan fingerprint density at radius 1 is 0.766 bits per heavy atom. The quantitative estimate of drug-likeness (QED) is 0.164. The summed E-state index contributed by atoms with van der Waals surface area (Å²) in [6, 6.07) is 25.1. The molecule has 11 heteroatoms. The lowest BCUT2D eigenvalue weighted by Crippen LogP contribution is -2.46. The molecule has 0 saturated heterocycles. The second-order valence-electron chi connectivity index (χ2n) is 10.7. The van der Waals surface area contributed by atoms with Gasteiger partial charge in [0.2, 0.25) is 11.8 Å². The highest BCUT2D eigenvalue weighted by molar-refractivity contribution is 6.09. The van der Waals surface area contributed by atoms with Gasteiger partial charge in [0.15, 0.2) is 0 Å². The van der Waals surface area contributed by atoms with Gasteiger partial charge in [0.05, 0.1) is 12.1 Å². The van der Waals surface area contributed by atoms with Crippen LogP contribution in [0.2, 0.25) is 0 Å². The summed E-state index contributed by atoms with van der Waals surface area (Å²) < 4.78 is 39.0. The molecule has 0 aliphatic carbocycles. The molecule has 4 aromatic carbocycles. The van der Waals surface area contributed by atoms with Gasteiger partial charge in [-0.3, -0.25) is 19.2 Å². The minimum absolute atomic E-state index is 0.233. The molecule has 0 spiro atoms. The number of nitrogens with one attached hydrogen (secondary N) is 3. The van der Waals surface area contributed by atoms with E-state index in [1.54, 1.807) is 53.4 Å². The van der Waals surface area contributed by atoms with Crippen LogP contribution in [0.25, 0.3) is 11.1 Å². The summed E-state index contributed by atoms with van der Waals surface area (Å²) in [6.07, 6.45) is -3.70. The molecule has 0 heterocycles. The van der Waals surface area contributed by atoms with Gasteiger partial charge in [0, 0.05) is 29.9 Å². The van der Waals surface area contributed by atoms with Crippen molar-refractivity contribution in [3.8, 4) is 11.1 Å². The third-order valence-corrected chi connectivity index (χ3v) is 7.38. The van der Waals surface area contributed by atoms with Gasteiger partial charge in [-0.1, -0.05) is 67.6 Å². The summed E-state index contributed by atoms with van der Waals surface area (Å²) in [5.74, 6) is -1.80. The summed E-state index contributed by atoms with van der Waals surface area (Å²) in [5, 5.41) is 8.04. The van der Waals surface area contributed by atoms with Gasteiger partial charge in [-0.05, 0) is 72.5 Å². The molecule has 0 aromatic heterocycles. The van der Waals surface area contributed by atoms with Crippen LogP contribution in [0.5, 0.6) is 0 Å². The first-order valence-corrected chi connectivity index (χ1v) is 15.1. The number of rotatable bonds is 12. The first kappa shape index (κ1) is 34.4. The van der Waals surface area contributed by atoms with Crippen LogP contribution in [0.3, 0.4) is 0 Å². The highest BCUT2D eigenvalue weighted by Crippen LogP contribution is 2.32. The van der Waals surface area contributed by atoms with E-state index in [0.29, 0.717) is 35.5 Å². The number of halogens is 3. The molecule has 0 unspecified atom stereocenters. The SMILES string of the molecule is CCCN(CC)C(=O)[C@@H](NC(=O)CNC(=O)c1ccc(NC(=O)c2ccccc2-c2ccc(C(F)(F)F)cc2)cc1)c1ccccc1. The summed E-state index contributed by atoms with van der Waals surface area (Å²) in [5.41, 5.74) is 1.61. The van der Waals surface area contributed by atoms with Crippen LogP contribution in [0, 0.1) is 0 Å². The van der Waals surface area contributed by atoms with Crippen molar-refractivity contribution in [3.05, 3.63) is 125 Å². The van der Waals surface area contributed by atoms with E-state index in [1.165, 1.54) is 36.4 Å². The Morgan fingerprint density at radius 3 is 2.02 bits per heavy atom. The van der Waals surface area contributed by atoms with Crippen molar-refractivity contribution in [2.45, 2.75) is 32.5 Å². The van der Waals surface area contributed by atoms with E-state index in [4.69, 9.17) is 0 Å². The van der Waals surface area contributed by atoms with Crippen LogP contribution in [-0.4, -0.2) is 48.2 Å². The maximum absolute atomic E-state index is 13.3. The third kappa shape index (κ3) is 9.06. The highest BCUT2D eigenvalue weighted by Gasteiger charge is 2.30.